The molecular formula is C18H25ClN4O. The van der Waals surface area contributed by atoms with E-state index in [1.165, 1.54) is 25.7 Å². The molecule has 3 heterocycles. The van der Waals surface area contributed by atoms with E-state index in [4.69, 9.17) is 11.6 Å². The van der Waals surface area contributed by atoms with Gasteiger partial charge in [0.1, 0.15) is 5.82 Å². The van der Waals surface area contributed by atoms with Crippen molar-refractivity contribution in [1.82, 2.24) is 15.2 Å². The maximum Gasteiger partial charge on any atom is 0.239 e. The van der Waals surface area contributed by atoms with Gasteiger partial charge in [-0.3, -0.25) is 4.79 Å². The van der Waals surface area contributed by atoms with Crippen molar-refractivity contribution in [3.8, 4) is 0 Å². The second-order valence-electron chi connectivity index (χ2n) is 7.25. The van der Waals surface area contributed by atoms with Crippen molar-refractivity contribution in [3.63, 3.8) is 0 Å². The number of carbonyl (C=O) groups is 1. The number of rotatable bonds is 2. The van der Waals surface area contributed by atoms with Crippen LogP contribution >= 0.6 is 11.6 Å². The minimum Gasteiger partial charge on any atom is -0.353 e. The Morgan fingerprint density at radius 3 is 2.67 bits per heavy atom. The number of fused-ring (bicyclic) bond motifs is 1. The lowest BCUT2D eigenvalue weighted by Gasteiger charge is -2.36. The standard InChI is InChI=1S/C18H25ClN4O/c19-14-5-6-17(20-12-14)22-7-9-23(10-8-22)18(24)16-11-13-3-1-2-4-15(13)21-16/h5-6,12-13,15-16,21H,1-4,7-11H2. The van der Waals surface area contributed by atoms with Gasteiger partial charge in [-0.2, -0.15) is 0 Å². The van der Waals surface area contributed by atoms with Crippen molar-refractivity contribution in [3.05, 3.63) is 23.4 Å². The molecule has 1 saturated carbocycles. The Balaban J connectivity index is 1.32. The van der Waals surface area contributed by atoms with Crippen LogP contribution < -0.4 is 10.2 Å². The Labute approximate surface area is 148 Å². The number of aromatic nitrogens is 1. The molecule has 3 aliphatic rings. The minimum atomic E-state index is 0.0401. The van der Waals surface area contributed by atoms with Crippen LogP contribution in [0.5, 0.6) is 0 Å². The molecule has 1 N–H and O–H groups in total. The molecular weight excluding hydrogens is 324 g/mol. The highest BCUT2D eigenvalue weighted by atomic mass is 35.5. The van der Waals surface area contributed by atoms with Gasteiger partial charge in [0.2, 0.25) is 5.91 Å². The van der Waals surface area contributed by atoms with E-state index in [1.807, 2.05) is 17.0 Å². The van der Waals surface area contributed by atoms with Crippen LogP contribution in [0.4, 0.5) is 5.82 Å². The first kappa shape index (κ1) is 16.2. The molecule has 0 bridgehead atoms. The molecule has 3 unspecified atom stereocenters. The molecule has 5 nitrogen and oxygen atoms in total. The lowest BCUT2D eigenvalue weighted by atomic mass is 9.85. The Bertz CT molecular complexity index is 571. The van der Waals surface area contributed by atoms with Gasteiger partial charge in [0, 0.05) is 38.4 Å². The lowest BCUT2D eigenvalue weighted by molar-refractivity contribution is -0.133. The Kier molecular flexibility index (Phi) is 4.63. The van der Waals surface area contributed by atoms with E-state index in [0.29, 0.717) is 22.9 Å². The molecule has 6 heteroatoms. The fourth-order valence-electron chi connectivity index (χ4n) is 4.44. The number of halogens is 1. The van der Waals surface area contributed by atoms with Gasteiger partial charge in [-0.05, 0) is 37.3 Å². The number of pyridine rings is 1. The number of piperazine rings is 1. The normalized spacial score (nSPS) is 30.3. The van der Waals surface area contributed by atoms with Gasteiger partial charge in [0.15, 0.2) is 0 Å². The summed E-state index contributed by atoms with van der Waals surface area (Å²) >= 11 is 5.90. The molecule has 2 saturated heterocycles. The molecule has 4 rings (SSSR count). The zero-order chi connectivity index (χ0) is 16.5. The van der Waals surface area contributed by atoms with Gasteiger partial charge in [0.05, 0.1) is 11.1 Å². The monoisotopic (exact) mass is 348 g/mol. The van der Waals surface area contributed by atoms with Crippen molar-refractivity contribution in [1.29, 1.82) is 0 Å². The largest absolute Gasteiger partial charge is 0.353 e. The van der Waals surface area contributed by atoms with Gasteiger partial charge >= 0.3 is 0 Å². The highest BCUT2D eigenvalue weighted by Crippen LogP contribution is 2.33. The Morgan fingerprint density at radius 2 is 1.96 bits per heavy atom. The molecule has 1 aromatic rings. The number of carbonyl (C=O) groups excluding carboxylic acids is 1. The van der Waals surface area contributed by atoms with E-state index in [0.717, 1.165) is 38.4 Å². The van der Waals surface area contributed by atoms with Crippen LogP contribution in [0.3, 0.4) is 0 Å². The van der Waals surface area contributed by atoms with E-state index in [-0.39, 0.29) is 6.04 Å². The topological polar surface area (TPSA) is 48.5 Å². The van der Waals surface area contributed by atoms with Gasteiger partial charge in [-0.1, -0.05) is 24.4 Å². The summed E-state index contributed by atoms with van der Waals surface area (Å²) in [4.78, 5) is 21.5. The fourth-order valence-corrected chi connectivity index (χ4v) is 4.55. The first-order valence-corrected chi connectivity index (χ1v) is 9.50. The fraction of sp³-hybridized carbons (Fsp3) is 0.667. The summed E-state index contributed by atoms with van der Waals surface area (Å²) in [5.74, 6) is 1.96. The SMILES string of the molecule is O=C(C1CC2CCCCC2N1)N1CCN(c2ccc(Cl)cn2)CC1. The van der Waals surface area contributed by atoms with E-state index >= 15 is 0 Å². The average molecular weight is 349 g/mol. The molecule has 1 aliphatic carbocycles. The zero-order valence-corrected chi connectivity index (χ0v) is 14.7. The van der Waals surface area contributed by atoms with Gasteiger partial charge in [0.25, 0.3) is 0 Å². The van der Waals surface area contributed by atoms with Gasteiger partial charge in [-0.25, -0.2) is 4.98 Å². The maximum absolute atomic E-state index is 12.8. The minimum absolute atomic E-state index is 0.0401. The first-order valence-electron chi connectivity index (χ1n) is 9.12. The van der Waals surface area contributed by atoms with Crippen LogP contribution in [0.1, 0.15) is 32.1 Å². The van der Waals surface area contributed by atoms with E-state index in [9.17, 15) is 4.79 Å². The van der Waals surface area contributed by atoms with E-state index < -0.39 is 0 Å². The molecule has 3 atom stereocenters. The van der Waals surface area contributed by atoms with Crippen LogP contribution in [0.15, 0.2) is 18.3 Å². The summed E-state index contributed by atoms with van der Waals surface area (Å²) < 4.78 is 0. The summed E-state index contributed by atoms with van der Waals surface area (Å²) in [6.45, 7) is 3.22. The summed E-state index contributed by atoms with van der Waals surface area (Å²) in [6, 6.07) is 4.43. The smallest absolute Gasteiger partial charge is 0.239 e. The quantitative estimate of drug-likeness (QED) is 0.891. The van der Waals surface area contributed by atoms with Crippen LogP contribution in [0, 0.1) is 5.92 Å². The molecule has 2 aliphatic heterocycles. The lowest BCUT2D eigenvalue weighted by Crippen LogP contribution is -2.53. The number of hydrogen-bond acceptors (Lipinski definition) is 4. The third kappa shape index (κ3) is 3.24. The van der Waals surface area contributed by atoms with Gasteiger partial charge < -0.3 is 15.1 Å². The Morgan fingerprint density at radius 1 is 1.17 bits per heavy atom. The van der Waals surface area contributed by atoms with E-state index in [1.54, 1.807) is 6.20 Å². The van der Waals surface area contributed by atoms with Crippen molar-refractivity contribution in [2.45, 2.75) is 44.2 Å². The molecule has 0 aromatic carbocycles. The van der Waals surface area contributed by atoms with Gasteiger partial charge in [-0.15, -0.1) is 0 Å². The summed E-state index contributed by atoms with van der Waals surface area (Å²) in [5, 5.41) is 4.26. The predicted octanol–water partition coefficient (Wildman–Crippen LogP) is 2.30. The van der Waals surface area contributed by atoms with Crippen molar-refractivity contribution in [2.24, 2.45) is 5.92 Å². The predicted molar refractivity (Wildman–Crippen MR) is 95.3 cm³/mol. The number of hydrogen-bond donors (Lipinski definition) is 1. The number of anilines is 1. The average Bonchev–Trinajstić information content (AvgIpc) is 3.06. The second-order valence-corrected chi connectivity index (χ2v) is 7.69. The van der Waals surface area contributed by atoms with Crippen LogP contribution in [-0.4, -0.2) is 54.1 Å². The third-order valence-corrected chi connectivity index (χ3v) is 6.01. The summed E-state index contributed by atoms with van der Waals surface area (Å²) in [6.07, 6.45) is 7.88. The Hall–Kier alpha value is -1.33. The highest BCUT2D eigenvalue weighted by Gasteiger charge is 2.40. The molecule has 3 fully saturated rings. The van der Waals surface area contributed by atoms with Crippen LogP contribution in [0.2, 0.25) is 5.02 Å². The van der Waals surface area contributed by atoms with Crippen molar-refractivity contribution < 1.29 is 4.79 Å². The number of nitrogens with zero attached hydrogens (tertiary/aromatic N) is 3. The van der Waals surface area contributed by atoms with Crippen molar-refractivity contribution >= 4 is 23.3 Å². The van der Waals surface area contributed by atoms with Crippen molar-refractivity contribution in [2.75, 3.05) is 31.1 Å². The summed E-state index contributed by atoms with van der Waals surface area (Å²) in [5.41, 5.74) is 0. The van der Waals surface area contributed by atoms with Crippen LogP contribution in [-0.2, 0) is 4.79 Å². The maximum atomic E-state index is 12.8. The zero-order valence-electron chi connectivity index (χ0n) is 14.0. The molecule has 0 spiro atoms. The highest BCUT2D eigenvalue weighted by molar-refractivity contribution is 6.30. The molecule has 1 aromatic heterocycles. The number of nitrogens with one attached hydrogen (secondary N) is 1. The molecule has 1 amide bonds. The third-order valence-electron chi connectivity index (χ3n) is 5.79. The number of amides is 1. The van der Waals surface area contributed by atoms with Crippen LogP contribution in [0.25, 0.3) is 0 Å². The summed E-state index contributed by atoms with van der Waals surface area (Å²) in [7, 11) is 0. The molecule has 130 valence electrons. The second kappa shape index (κ2) is 6.89. The van der Waals surface area contributed by atoms with E-state index in [2.05, 4.69) is 15.2 Å². The first-order chi connectivity index (χ1) is 11.7. The molecule has 24 heavy (non-hydrogen) atoms. The molecule has 0 radical (unpaired) electrons.